The summed E-state index contributed by atoms with van der Waals surface area (Å²) < 4.78 is 0. The molecule has 1 unspecified atom stereocenters. The Morgan fingerprint density at radius 1 is 1.36 bits per heavy atom. The average molecular weight is 373 g/mol. The minimum Gasteiger partial charge on any atom is -0.355 e. The van der Waals surface area contributed by atoms with Gasteiger partial charge in [0.2, 0.25) is 0 Å². The zero-order chi connectivity index (χ0) is 17.4. The third-order valence-electron chi connectivity index (χ3n) is 4.71. The van der Waals surface area contributed by atoms with Crippen molar-refractivity contribution in [1.82, 2.24) is 15.6 Å². The van der Waals surface area contributed by atoms with Crippen LogP contribution in [0, 0.1) is 0 Å². The van der Waals surface area contributed by atoms with E-state index in [9.17, 15) is 4.79 Å². The zero-order valence-corrected chi connectivity index (χ0v) is 15.0. The molecule has 1 amide bonds. The van der Waals surface area contributed by atoms with E-state index in [2.05, 4.69) is 20.6 Å². The maximum atomic E-state index is 12.1. The van der Waals surface area contributed by atoms with Crippen LogP contribution in [-0.2, 0) is 6.54 Å². The summed E-state index contributed by atoms with van der Waals surface area (Å²) in [4.78, 5) is 17.1. The van der Waals surface area contributed by atoms with Crippen molar-refractivity contribution >= 4 is 40.4 Å². The first-order chi connectivity index (χ1) is 12.2. The molecule has 2 aliphatic rings. The summed E-state index contributed by atoms with van der Waals surface area (Å²) in [7, 11) is 0. The second-order valence-electron chi connectivity index (χ2n) is 6.22. The van der Waals surface area contributed by atoms with Crippen LogP contribution in [-0.4, -0.2) is 22.5 Å². The van der Waals surface area contributed by atoms with Crippen molar-refractivity contribution in [1.29, 1.82) is 0 Å². The number of thiocarbonyl (C=S) groups is 1. The molecule has 1 atom stereocenters. The van der Waals surface area contributed by atoms with Gasteiger partial charge in [0.1, 0.15) is 5.69 Å². The van der Waals surface area contributed by atoms with Gasteiger partial charge in [0.25, 0.3) is 5.91 Å². The summed E-state index contributed by atoms with van der Waals surface area (Å²) in [5.74, 6) is 0.296. The minimum atomic E-state index is -0.197. The predicted molar refractivity (Wildman–Crippen MR) is 102 cm³/mol. The molecule has 1 saturated heterocycles. The molecule has 3 heterocycles. The number of hydrogen-bond acceptors (Lipinski definition) is 4. The van der Waals surface area contributed by atoms with E-state index in [1.54, 1.807) is 6.20 Å². The van der Waals surface area contributed by atoms with Crippen molar-refractivity contribution in [2.24, 2.45) is 0 Å². The highest BCUT2D eigenvalue weighted by molar-refractivity contribution is 7.78. The summed E-state index contributed by atoms with van der Waals surface area (Å²) in [6.45, 7) is 1.60. The van der Waals surface area contributed by atoms with Crippen molar-refractivity contribution in [2.75, 3.05) is 11.4 Å². The third-order valence-corrected chi connectivity index (χ3v) is 5.14. The van der Waals surface area contributed by atoms with Crippen LogP contribution in [0.25, 0.3) is 0 Å². The van der Waals surface area contributed by atoms with E-state index in [1.165, 1.54) is 5.56 Å². The normalized spacial score (nSPS) is 19.6. The first-order valence-corrected chi connectivity index (χ1v) is 8.99. The first kappa shape index (κ1) is 16.4. The van der Waals surface area contributed by atoms with Crippen LogP contribution in [0.5, 0.6) is 0 Å². The Morgan fingerprint density at radius 2 is 2.24 bits per heavy atom. The summed E-state index contributed by atoms with van der Waals surface area (Å²) >= 11 is 11.2. The fourth-order valence-corrected chi connectivity index (χ4v) is 3.87. The lowest BCUT2D eigenvalue weighted by Crippen LogP contribution is -2.41. The van der Waals surface area contributed by atoms with Crippen LogP contribution < -0.4 is 15.5 Å². The minimum absolute atomic E-state index is 0.197. The maximum absolute atomic E-state index is 12.1. The summed E-state index contributed by atoms with van der Waals surface area (Å²) in [5.41, 5.74) is 3.68. The molecule has 5 nitrogen and oxygen atoms in total. The molecule has 4 rings (SSSR count). The average Bonchev–Trinajstić information content (AvgIpc) is 3.30. The Labute approximate surface area is 156 Å². The molecule has 0 radical (unpaired) electrons. The Bertz CT molecular complexity index is 881. The van der Waals surface area contributed by atoms with Gasteiger partial charge in [-0.05, 0) is 66.0 Å². The lowest BCUT2D eigenvalue weighted by molar-refractivity contribution is 0.0957. The number of nitrogens with zero attached hydrogens (tertiary/aromatic N) is 1. The SMILES string of the molecule is O=C1NC(=C=S)N(Cc2ccc(Cl)cc2C2CCCN2)c2cc[nH]c21. The summed E-state index contributed by atoms with van der Waals surface area (Å²) in [5, 5.41) is 9.73. The number of nitrogens with one attached hydrogen (secondary N) is 3. The smallest absolute Gasteiger partial charge is 0.275 e. The van der Waals surface area contributed by atoms with E-state index < -0.39 is 0 Å². The van der Waals surface area contributed by atoms with Gasteiger partial charge in [0.15, 0.2) is 5.82 Å². The van der Waals surface area contributed by atoms with Crippen molar-refractivity contribution in [3.8, 4) is 0 Å². The van der Waals surface area contributed by atoms with E-state index in [1.807, 2.05) is 29.2 Å². The number of hydrogen-bond donors (Lipinski definition) is 3. The number of fused-ring (bicyclic) bond motifs is 1. The highest BCUT2D eigenvalue weighted by Crippen LogP contribution is 2.33. The predicted octanol–water partition coefficient (Wildman–Crippen LogP) is 3.28. The Balaban J connectivity index is 1.74. The van der Waals surface area contributed by atoms with E-state index in [-0.39, 0.29) is 5.91 Å². The van der Waals surface area contributed by atoms with Gasteiger partial charge in [-0.1, -0.05) is 17.7 Å². The van der Waals surface area contributed by atoms with Crippen LogP contribution in [0.1, 0.15) is 40.5 Å². The summed E-state index contributed by atoms with van der Waals surface area (Å²) in [6.07, 6.45) is 4.00. The molecule has 3 N–H and O–H groups in total. The first-order valence-electron chi connectivity index (χ1n) is 8.20. The number of anilines is 1. The van der Waals surface area contributed by atoms with E-state index in [0.29, 0.717) is 24.1 Å². The molecular weight excluding hydrogens is 356 g/mol. The van der Waals surface area contributed by atoms with Gasteiger partial charge in [-0.15, -0.1) is 0 Å². The summed E-state index contributed by atoms with van der Waals surface area (Å²) in [6, 6.07) is 8.16. The van der Waals surface area contributed by atoms with Crippen molar-refractivity contribution in [3.05, 3.63) is 58.1 Å². The van der Waals surface area contributed by atoms with Gasteiger partial charge in [-0.25, -0.2) is 0 Å². The Hall–Kier alpha value is -2.11. The second-order valence-corrected chi connectivity index (χ2v) is 6.86. The molecule has 1 fully saturated rings. The van der Waals surface area contributed by atoms with Crippen molar-refractivity contribution in [2.45, 2.75) is 25.4 Å². The molecule has 25 heavy (non-hydrogen) atoms. The number of rotatable bonds is 3. The van der Waals surface area contributed by atoms with Crippen molar-refractivity contribution < 1.29 is 4.79 Å². The number of H-pyrrole nitrogens is 1. The Morgan fingerprint density at radius 3 is 3.00 bits per heavy atom. The lowest BCUT2D eigenvalue weighted by Gasteiger charge is -2.31. The molecule has 1 aromatic carbocycles. The lowest BCUT2D eigenvalue weighted by atomic mass is 9.98. The molecule has 0 bridgehead atoms. The van der Waals surface area contributed by atoms with E-state index >= 15 is 0 Å². The second kappa shape index (κ2) is 6.65. The fourth-order valence-electron chi connectivity index (χ4n) is 3.53. The van der Waals surface area contributed by atoms with Crippen LogP contribution >= 0.6 is 23.8 Å². The van der Waals surface area contributed by atoms with Crippen LogP contribution in [0.2, 0.25) is 5.02 Å². The van der Waals surface area contributed by atoms with Gasteiger partial charge < -0.3 is 15.2 Å². The van der Waals surface area contributed by atoms with Crippen LogP contribution in [0.15, 0.2) is 36.3 Å². The van der Waals surface area contributed by atoms with Gasteiger partial charge >= 0.3 is 0 Å². The molecule has 2 aromatic rings. The van der Waals surface area contributed by atoms with E-state index in [0.717, 1.165) is 35.7 Å². The monoisotopic (exact) mass is 372 g/mol. The molecule has 0 saturated carbocycles. The topological polar surface area (TPSA) is 60.2 Å². The zero-order valence-electron chi connectivity index (χ0n) is 13.4. The van der Waals surface area contributed by atoms with Crippen LogP contribution in [0.3, 0.4) is 0 Å². The number of amides is 1. The number of benzene rings is 1. The third kappa shape index (κ3) is 2.98. The molecule has 0 aliphatic carbocycles. The van der Waals surface area contributed by atoms with Gasteiger partial charge in [-0.2, -0.15) is 0 Å². The number of aromatic amines is 1. The number of halogens is 1. The fraction of sp³-hybridized carbons (Fsp3) is 0.278. The highest BCUT2D eigenvalue weighted by atomic mass is 35.5. The molecule has 7 heteroatoms. The molecule has 2 aliphatic heterocycles. The standard InChI is InChI=1S/C18H17ClN4OS/c19-12-4-3-11(13(8-12)14-2-1-6-20-14)9-23-15-5-7-21-17(15)18(24)22-16(23)10-25/h3-5,7-8,14,20-21H,1-2,6,9H2,(H,22,24). The van der Waals surface area contributed by atoms with Gasteiger partial charge in [-0.3, -0.25) is 10.1 Å². The number of carbonyl (C=O) groups is 1. The molecular formula is C18H17ClN4OS. The van der Waals surface area contributed by atoms with Crippen molar-refractivity contribution in [3.63, 3.8) is 0 Å². The number of carbonyl (C=O) groups excluding carboxylic acids is 1. The Kier molecular flexibility index (Phi) is 4.36. The largest absolute Gasteiger partial charge is 0.355 e. The number of aromatic nitrogens is 1. The maximum Gasteiger partial charge on any atom is 0.275 e. The van der Waals surface area contributed by atoms with Crippen LogP contribution in [0.4, 0.5) is 5.69 Å². The van der Waals surface area contributed by atoms with Gasteiger partial charge in [0, 0.05) is 17.3 Å². The van der Waals surface area contributed by atoms with Gasteiger partial charge in [0.05, 0.1) is 12.2 Å². The molecule has 128 valence electrons. The molecule has 0 spiro atoms. The highest BCUT2D eigenvalue weighted by Gasteiger charge is 2.29. The molecule has 1 aromatic heterocycles. The quantitative estimate of drug-likeness (QED) is 0.724. The van der Waals surface area contributed by atoms with E-state index in [4.69, 9.17) is 23.8 Å².